The van der Waals surface area contributed by atoms with Gasteiger partial charge < -0.3 is 10.1 Å². The van der Waals surface area contributed by atoms with Crippen molar-refractivity contribution >= 4 is 17.3 Å². The Morgan fingerprint density at radius 1 is 1.35 bits per heavy atom. The predicted molar refractivity (Wildman–Crippen MR) is 79.5 cm³/mol. The molecule has 0 saturated carbocycles. The van der Waals surface area contributed by atoms with Crippen LogP contribution in [-0.4, -0.2) is 18.1 Å². The van der Waals surface area contributed by atoms with Gasteiger partial charge in [-0.05, 0) is 31.2 Å². The fraction of sp³-hybridized carbons (Fsp3) is 0.333. The number of carbonyl (C=O) groups is 1. The summed E-state index contributed by atoms with van der Waals surface area (Å²) >= 11 is 1.63. The molecule has 2 rings (SSSR count). The van der Waals surface area contributed by atoms with Gasteiger partial charge in [0, 0.05) is 28.5 Å². The summed E-state index contributed by atoms with van der Waals surface area (Å²) in [7, 11) is 1.41. The van der Waals surface area contributed by atoms with Gasteiger partial charge in [0.25, 0.3) is 0 Å². The number of nitrogens with one attached hydrogen (secondary N) is 1. The molecular weight excluding hydrogens is 272 g/mol. The van der Waals surface area contributed by atoms with Crippen LogP contribution in [0.25, 0.3) is 0 Å². The maximum atomic E-state index is 11.2. The summed E-state index contributed by atoms with van der Waals surface area (Å²) in [6.07, 6.45) is 2.14. The fourth-order valence-corrected chi connectivity index (χ4v) is 2.77. The molecule has 0 fully saturated rings. The SMILES string of the molecule is COC(=O)Cc1ccc(CN[C@H](C)c2ccccn2)s1. The second kappa shape index (κ2) is 7.17. The van der Waals surface area contributed by atoms with Crippen molar-refractivity contribution < 1.29 is 9.53 Å². The molecule has 20 heavy (non-hydrogen) atoms. The average Bonchev–Trinajstić information content (AvgIpc) is 2.93. The molecule has 0 amide bonds. The van der Waals surface area contributed by atoms with Crippen LogP contribution in [0.3, 0.4) is 0 Å². The summed E-state index contributed by atoms with van der Waals surface area (Å²) in [5.74, 6) is -0.201. The number of methoxy groups -OCH3 is 1. The van der Waals surface area contributed by atoms with Crippen molar-refractivity contribution in [1.82, 2.24) is 10.3 Å². The summed E-state index contributed by atoms with van der Waals surface area (Å²) in [6.45, 7) is 2.86. The molecule has 0 aliphatic rings. The highest BCUT2D eigenvalue weighted by molar-refractivity contribution is 7.12. The molecule has 2 heterocycles. The van der Waals surface area contributed by atoms with E-state index in [2.05, 4.69) is 22.0 Å². The van der Waals surface area contributed by atoms with Gasteiger partial charge in [0.2, 0.25) is 0 Å². The van der Waals surface area contributed by atoms with E-state index in [4.69, 9.17) is 0 Å². The number of rotatable bonds is 6. The summed E-state index contributed by atoms with van der Waals surface area (Å²) in [6, 6.07) is 10.1. The van der Waals surface area contributed by atoms with Crippen molar-refractivity contribution in [3.8, 4) is 0 Å². The molecule has 0 spiro atoms. The number of hydrogen-bond acceptors (Lipinski definition) is 5. The zero-order valence-corrected chi connectivity index (χ0v) is 12.4. The van der Waals surface area contributed by atoms with E-state index < -0.39 is 0 Å². The third-order valence-electron chi connectivity index (χ3n) is 2.98. The lowest BCUT2D eigenvalue weighted by Gasteiger charge is -2.12. The predicted octanol–water partition coefficient (Wildman–Crippen LogP) is 2.71. The summed E-state index contributed by atoms with van der Waals surface area (Å²) in [5.41, 5.74) is 1.03. The lowest BCUT2D eigenvalue weighted by atomic mass is 10.2. The normalized spacial score (nSPS) is 12.1. The Kier molecular flexibility index (Phi) is 5.26. The Morgan fingerprint density at radius 3 is 2.85 bits per heavy atom. The van der Waals surface area contributed by atoms with Gasteiger partial charge in [-0.15, -0.1) is 11.3 Å². The Balaban J connectivity index is 1.87. The van der Waals surface area contributed by atoms with Crippen LogP contribution >= 0.6 is 11.3 Å². The molecule has 0 saturated heterocycles. The van der Waals surface area contributed by atoms with Gasteiger partial charge in [-0.25, -0.2) is 0 Å². The van der Waals surface area contributed by atoms with Crippen molar-refractivity contribution in [2.45, 2.75) is 25.9 Å². The average molecular weight is 290 g/mol. The van der Waals surface area contributed by atoms with E-state index in [1.54, 1.807) is 17.5 Å². The van der Waals surface area contributed by atoms with Gasteiger partial charge in [0.15, 0.2) is 0 Å². The first-order valence-electron chi connectivity index (χ1n) is 6.47. The minimum absolute atomic E-state index is 0.197. The van der Waals surface area contributed by atoms with Crippen LogP contribution in [0, 0.1) is 0 Å². The molecule has 4 nitrogen and oxygen atoms in total. The van der Waals surface area contributed by atoms with Crippen molar-refractivity contribution in [3.05, 3.63) is 52.0 Å². The van der Waals surface area contributed by atoms with Gasteiger partial charge in [-0.3, -0.25) is 9.78 Å². The quantitative estimate of drug-likeness (QED) is 0.831. The van der Waals surface area contributed by atoms with Crippen molar-refractivity contribution in [2.24, 2.45) is 0 Å². The minimum atomic E-state index is -0.201. The van der Waals surface area contributed by atoms with E-state index in [-0.39, 0.29) is 12.0 Å². The minimum Gasteiger partial charge on any atom is -0.469 e. The van der Waals surface area contributed by atoms with Crippen LogP contribution < -0.4 is 5.32 Å². The maximum Gasteiger partial charge on any atom is 0.310 e. The van der Waals surface area contributed by atoms with E-state index in [1.807, 2.05) is 30.3 Å². The number of pyridine rings is 1. The molecule has 0 aromatic carbocycles. The molecule has 0 bridgehead atoms. The smallest absolute Gasteiger partial charge is 0.310 e. The van der Waals surface area contributed by atoms with Crippen molar-refractivity contribution in [1.29, 1.82) is 0 Å². The second-order valence-corrected chi connectivity index (χ2v) is 5.73. The molecule has 0 unspecified atom stereocenters. The van der Waals surface area contributed by atoms with E-state index in [1.165, 1.54) is 12.0 Å². The Labute approximate surface area is 122 Å². The molecule has 0 aliphatic carbocycles. The molecule has 5 heteroatoms. The first-order valence-corrected chi connectivity index (χ1v) is 7.29. The molecule has 0 radical (unpaired) electrons. The third kappa shape index (κ3) is 4.15. The lowest BCUT2D eigenvalue weighted by molar-refractivity contribution is -0.139. The highest BCUT2D eigenvalue weighted by Gasteiger charge is 2.08. The maximum absolute atomic E-state index is 11.2. The summed E-state index contributed by atoms with van der Waals surface area (Å²) in [5, 5.41) is 3.43. The highest BCUT2D eigenvalue weighted by Crippen LogP contribution is 2.18. The van der Waals surface area contributed by atoms with Crippen molar-refractivity contribution in [3.63, 3.8) is 0 Å². The van der Waals surface area contributed by atoms with Gasteiger partial charge in [-0.2, -0.15) is 0 Å². The molecular formula is C15H18N2O2S. The molecule has 1 atom stereocenters. The molecule has 106 valence electrons. The molecule has 2 aromatic rings. The van der Waals surface area contributed by atoms with Gasteiger partial charge in [0.1, 0.15) is 0 Å². The largest absolute Gasteiger partial charge is 0.469 e. The van der Waals surface area contributed by atoms with Crippen LogP contribution in [0.1, 0.15) is 28.4 Å². The van der Waals surface area contributed by atoms with Gasteiger partial charge in [0.05, 0.1) is 19.2 Å². The highest BCUT2D eigenvalue weighted by atomic mass is 32.1. The third-order valence-corrected chi connectivity index (χ3v) is 4.06. The fourth-order valence-electron chi connectivity index (χ4n) is 1.82. The zero-order valence-electron chi connectivity index (χ0n) is 11.6. The molecule has 2 aromatic heterocycles. The topological polar surface area (TPSA) is 51.2 Å². The second-order valence-electron chi connectivity index (χ2n) is 4.48. The van der Waals surface area contributed by atoms with Crippen LogP contribution in [0.4, 0.5) is 0 Å². The Morgan fingerprint density at radius 2 is 2.15 bits per heavy atom. The number of ether oxygens (including phenoxy) is 1. The Bertz CT molecular complexity index is 554. The van der Waals surface area contributed by atoms with Crippen LogP contribution in [0.5, 0.6) is 0 Å². The first kappa shape index (κ1) is 14.7. The standard InChI is InChI=1S/C15H18N2O2S/c1-11(14-5-3-4-8-16-14)17-10-13-7-6-12(20-13)9-15(18)19-2/h3-8,11,17H,9-10H2,1-2H3/t11-/m1/s1. The molecule has 0 aliphatic heterocycles. The Hall–Kier alpha value is -1.72. The number of aromatic nitrogens is 1. The van der Waals surface area contributed by atoms with E-state index in [9.17, 15) is 4.79 Å². The monoisotopic (exact) mass is 290 g/mol. The van der Waals surface area contributed by atoms with Crippen LogP contribution in [-0.2, 0) is 22.5 Å². The lowest BCUT2D eigenvalue weighted by Crippen LogP contribution is -2.18. The molecule has 1 N–H and O–H groups in total. The van der Waals surface area contributed by atoms with Gasteiger partial charge >= 0.3 is 5.97 Å². The number of nitrogens with zero attached hydrogens (tertiary/aromatic N) is 1. The first-order chi connectivity index (χ1) is 9.69. The number of esters is 1. The summed E-state index contributed by atoms with van der Waals surface area (Å²) in [4.78, 5) is 17.8. The van der Waals surface area contributed by atoms with Crippen LogP contribution in [0.2, 0.25) is 0 Å². The number of carbonyl (C=O) groups excluding carboxylic acids is 1. The van der Waals surface area contributed by atoms with E-state index in [0.29, 0.717) is 6.42 Å². The summed E-state index contributed by atoms with van der Waals surface area (Å²) < 4.78 is 4.66. The number of hydrogen-bond donors (Lipinski definition) is 1. The van der Waals surface area contributed by atoms with Crippen LogP contribution in [0.15, 0.2) is 36.5 Å². The number of thiophene rings is 1. The van der Waals surface area contributed by atoms with E-state index in [0.717, 1.165) is 17.1 Å². The van der Waals surface area contributed by atoms with Gasteiger partial charge in [-0.1, -0.05) is 6.07 Å². The van der Waals surface area contributed by atoms with Crippen molar-refractivity contribution in [2.75, 3.05) is 7.11 Å². The van der Waals surface area contributed by atoms with E-state index >= 15 is 0 Å². The zero-order chi connectivity index (χ0) is 14.4.